The number of likely N-dealkylation sites (N-methyl/N-ethyl adjacent to an activating group) is 2. The average molecular weight is 430 g/mol. The Morgan fingerprint density at radius 1 is 0.844 bits per heavy atom. The zero-order valence-electron chi connectivity index (χ0n) is 18.3. The number of carbonyl (C=O) groups is 1. The molecule has 0 saturated carbocycles. The number of carbonyl (C=O) groups excluding carboxylic acids is 1. The standard InChI is InChI=1S/C19H13N3O2.C6H14N2/c23-12-13-1-3-15(4-2-13)18-9-10-22-19(21-18)17(11-20-22)14-5-7-16(24)8-6-14;1-7-3-5-8(2)6-4-7/h1-12,24H;3-6H2,1-2H3. The minimum atomic E-state index is 0.221. The summed E-state index contributed by atoms with van der Waals surface area (Å²) in [6, 6.07) is 16.1. The maximum Gasteiger partial charge on any atom is 0.163 e. The molecular weight excluding hydrogens is 402 g/mol. The summed E-state index contributed by atoms with van der Waals surface area (Å²) in [5, 5.41) is 13.8. The highest BCUT2D eigenvalue weighted by atomic mass is 16.3. The van der Waals surface area contributed by atoms with Gasteiger partial charge in [0.05, 0.1) is 11.9 Å². The Labute approximate surface area is 187 Å². The number of hydrogen-bond acceptors (Lipinski definition) is 6. The number of benzene rings is 2. The normalized spacial score (nSPS) is 14.7. The number of fused-ring (bicyclic) bond motifs is 1. The fraction of sp³-hybridized carbons (Fsp3) is 0.240. The Morgan fingerprint density at radius 2 is 1.44 bits per heavy atom. The van der Waals surface area contributed by atoms with E-state index in [1.165, 1.54) is 26.2 Å². The predicted octanol–water partition coefficient (Wildman–Crippen LogP) is 3.45. The first kappa shape index (κ1) is 21.7. The Bertz CT molecular complexity index is 1170. The van der Waals surface area contributed by atoms with Crippen LogP contribution in [0, 0.1) is 0 Å². The number of piperazine rings is 1. The number of hydrogen-bond donors (Lipinski definition) is 1. The molecule has 7 nitrogen and oxygen atoms in total. The summed E-state index contributed by atoms with van der Waals surface area (Å²) < 4.78 is 1.71. The number of phenols is 1. The van der Waals surface area contributed by atoms with Gasteiger partial charge in [0.15, 0.2) is 5.65 Å². The van der Waals surface area contributed by atoms with Gasteiger partial charge >= 0.3 is 0 Å². The Hall–Kier alpha value is -3.55. The maximum atomic E-state index is 10.8. The van der Waals surface area contributed by atoms with Crippen molar-refractivity contribution in [1.29, 1.82) is 0 Å². The quantitative estimate of drug-likeness (QED) is 0.503. The molecule has 2 aromatic carbocycles. The molecule has 3 heterocycles. The zero-order valence-corrected chi connectivity index (χ0v) is 18.3. The van der Waals surface area contributed by atoms with Crippen LogP contribution in [-0.2, 0) is 0 Å². The lowest BCUT2D eigenvalue weighted by molar-refractivity contribution is 0.112. The molecule has 4 aromatic rings. The summed E-state index contributed by atoms with van der Waals surface area (Å²) in [4.78, 5) is 20.2. The molecule has 1 N–H and O–H groups in total. The van der Waals surface area contributed by atoms with Crippen LogP contribution in [0.2, 0.25) is 0 Å². The predicted molar refractivity (Wildman–Crippen MR) is 126 cm³/mol. The third-order valence-electron chi connectivity index (χ3n) is 5.62. The number of aromatic hydroxyl groups is 1. The molecule has 0 amide bonds. The summed E-state index contributed by atoms with van der Waals surface area (Å²) in [5.74, 6) is 0.221. The minimum absolute atomic E-state index is 0.221. The molecule has 0 spiro atoms. The van der Waals surface area contributed by atoms with Crippen molar-refractivity contribution in [1.82, 2.24) is 24.4 Å². The van der Waals surface area contributed by atoms with E-state index in [4.69, 9.17) is 4.98 Å². The number of aromatic nitrogens is 3. The molecule has 0 radical (unpaired) electrons. The van der Waals surface area contributed by atoms with Gasteiger partial charge in [-0.1, -0.05) is 36.4 Å². The van der Waals surface area contributed by atoms with Crippen LogP contribution in [-0.4, -0.2) is 76.1 Å². The molecule has 32 heavy (non-hydrogen) atoms. The van der Waals surface area contributed by atoms with E-state index >= 15 is 0 Å². The molecule has 2 aromatic heterocycles. The number of nitrogens with zero attached hydrogens (tertiary/aromatic N) is 5. The van der Waals surface area contributed by atoms with Gasteiger partial charge in [-0.2, -0.15) is 5.10 Å². The largest absolute Gasteiger partial charge is 0.508 e. The first-order valence-corrected chi connectivity index (χ1v) is 10.6. The second-order valence-electron chi connectivity index (χ2n) is 8.03. The Balaban J connectivity index is 0.000000260. The van der Waals surface area contributed by atoms with Gasteiger partial charge in [0, 0.05) is 49.1 Å². The van der Waals surface area contributed by atoms with Crippen LogP contribution in [0.5, 0.6) is 5.75 Å². The van der Waals surface area contributed by atoms with Crippen LogP contribution < -0.4 is 0 Å². The summed E-state index contributed by atoms with van der Waals surface area (Å²) in [6.45, 7) is 4.93. The highest BCUT2D eigenvalue weighted by Gasteiger charge is 2.10. The fourth-order valence-electron chi connectivity index (χ4n) is 3.51. The van der Waals surface area contributed by atoms with Crippen molar-refractivity contribution in [2.24, 2.45) is 0 Å². The molecule has 1 saturated heterocycles. The van der Waals surface area contributed by atoms with Gasteiger partial charge in [-0.15, -0.1) is 0 Å². The molecule has 0 unspecified atom stereocenters. The maximum absolute atomic E-state index is 10.8. The lowest BCUT2D eigenvalue weighted by Gasteiger charge is -2.28. The molecule has 7 heteroatoms. The van der Waals surface area contributed by atoms with Crippen molar-refractivity contribution in [3.05, 3.63) is 72.6 Å². The Morgan fingerprint density at radius 3 is 2.03 bits per heavy atom. The molecular formula is C25H27N5O2. The van der Waals surface area contributed by atoms with Gasteiger partial charge in [-0.05, 0) is 37.9 Å². The van der Waals surface area contributed by atoms with Crippen LogP contribution in [0.25, 0.3) is 28.0 Å². The van der Waals surface area contributed by atoms with E-state index in [2.05, 4.69) is 29.0 Å². The third-order valence-corrected chi connectivity index (χ3v) is 5.62. The number of rotatable bonds is 3. The van der Waals surface area contributed by atoms with Gasteiger partial charge in [-0.25, -0.2) is 9.50 Å². The van der Waals surface area contributed by atoms with Gasteiger partial charge in [0.2, 0.25) is 0 Å². The Kier molecular flexibility index (Phi) is 6.58. The monoisotopic (exact) mass is 429 g/mol. The fourth-order valence-corrected chi connectivity index (χ4v) is 3.51. The molecule has 5 rings (SSSR count). The lowest BCUT2D eigenvalue weighted by atomic mass is 10.1. The van der Waals surface area contributed by atoms with Crippen LogP contribution in [0.4, 0.5) is 0 Å². The first-order valence-electron chi connectivity index (χ1n) is 10.6. The molecule has 164 valence electrons. The summed E-state index contributed by atoms with van der Waals surface area (Å²) >= 11 is 0. The molecule has 0 aliphatic carbocycles. The molecule has 0 bridgehead atoms. The van der Waals surface area contributed by atoms with Crippen molar-refractivity contribution in [2.45, 2.75) is 0 Å². The van der Waals surface area contributed by atoms with Crippen molar-refractivity contribution in [3.63, 3.8) is 0 Å². The summed E-state index contributed by atoms with van der Waals surface area (Å²) in [5.41, 5.74) is 4.93. The average Bonchev–Trinajstić information content (AvgIpc) is 3.25. The molecule has 1 fully saturated rings. The van der Waals surface area contributed by atoms with Crippen LogP contribution in [0.15, 0.2) is 67.0 Å². The zero-order chi connectivity index (χ0) is 22.5. The van der Waals surface area contributed by atoms with Gasteiger partial charge in [0.25, 0.3) is 0 Å². The van der Waals surface area contributed by atoms with Gasteiger partial charge < -0.3 is 14.9 Å². The molecule has 0 atom stereocenters. The van der Waals surface area contributed by atoms with Crippen molar-refractivity contribution in [3.8, 4) is 28.1 Å². The second-order valence-corrected chi connectivity index (χ2v) is 8.03. The van der Waals surface area contributed by atoms with E-state index in [0.717, 1.165) is 34.3 Å². The molecule has 1 aliphatic heterocycles. The topological polar surface area (TPSA) is 74.0 Å². The summed E-state index contributed by atoms with van der Waals surface area (Å²) in [6.07, 6.45) is 4.43. The van der Waals surface area contributed by atoms with Crippen molar-refractivity contribution < 1.29 is 9.90 Å². The van der Waals surface area contributed by atoms with E-state index in [-0.39, 0.29) is 5.75 Å². The van der Waals surface area contributed by atoms with E-state index in [9.17, 15) is 9.90 Å². The van der Waals surface area contributed by atoms with E-state index < -0.39 is 0 Å². The highest BCUT2D eigenvalue weighted by molar-refractivity contribution is 5.79. The smallest absolute Gasteiger partial charge is 0.163 e. The van der Waals surface area contributed by atoms with Crippen molar-refractivity contribution in [2.75, 3.05) is 40.3 Å². The number of aldehydes is 1. The lowest BCUT2D eigenvalue weighted by Crippen LogP contribution is -2.42. The number of phenolic OH excluding ortho intramolecular Hbond substituents is 1. The van der Waals surface area contributed by atoms with Crippen LogP contribution in [0.1, 0.15) is 10.4 Å². The van der Waals surface area contributed by atoms with E-state index in [1.807, 2.05) is 36.5 Å². The van der Waals surface area contributed by atoms with Crippen LogP contribution >= 0.6 is 0 Å². The molecule has 1 aliphatic rings. The van der Waals surface area contributed by atoms with Crippen LogP contribution in [0.3, 0.4) is 0 Å². The summed E-state index contributed by atoms with van der Waals surface area (Å²) in [7, 11) is 4.35. The van der Waals surface area contributed by atoms with E-state index in [0.29, 0.717) is 5.56 Å². The van der Waals surface area contributed by atoms with Crippen molar-refractivity contribution >= 4 is 11.9 Å². The van der Waals surface area contributed by atoms with E-state index in [1.54, 1.807) is 35.0 Å². The SMILES string of the molecule is CN1CCN(C)CC1.O=Cc1ccc(-c2ccn3ncc(-c4ccc(O)cc4)c3n2)cc1. The highest BCUT2D eigenvalue weighted by Crippen LogP contribution is 2.27. The minimum Gasteiger partial charge on any atom is -0.508 e. The van der Waals surface area contributed by atoms with Gasteiger partial charge in [-0.3, -0.25) is 4.79 Å². The first-order chi connectivity index (χ1) is 15.5. The van der Waals surface area contributed by atoms with Gasteiger partial charge in [0.1, 0.15) is 12.0 Å². The third kappa shape index (κ3) is 5.01. The second kappa shape index (κ2) is 9.72.